The van der Waals surface area contributed by atoms with Crippen LogP contribution in [0.15, 0.2) is 47.3 Å². The van der Waals surface area contributed by atoms with E-state index in [1.807, 2.05) is 41.3 Å². The molecular weight excluding hydrogens is 384 g/mol. The molecule has 0 spiro atoms. The van der Waals surface area contributed by atoms with Gasteiger partial charge in [0.1, 0.15) is 0 Å². The lowest BCUT2D eigenvalue weighted by Crippen LogP contribution is -2.29. The van der Waals surface area contributed by atoms with Gasteiger partial charge in [-0.15, -0.1) is 0 Å². The zero-order valence-corrected chi connectivity index (χ0v) is 17.1. The minimum absolute atomic E-state index is 0.0156. The lowest BCUT2D eigenvalue weighted by atomic mass is 9.96. The molecular formula is C24H25ClN2O2. The highest BCUT2D eigenvalue weighted by Gasteiger charge is 2.36. The first kappa shape index (κ1) is 18.7. The van der Waals surface area contributed by atoms with E-state index >= 15 is 0 Å². The lowest BCUT2D eigenvalue weighted by molar-refractivity contribution is -0.131. The largest absolute Gasteiger partial charge is 0.342 e. The van der Waals surface area contributed by atoms with Gasteiger partial charge in [-0.3, -0.25) is 9.59 Å². The van der Waals surface area contributed by atoms with Gasteiger partial charge in [0.15, 0.2) is 0 Å². The number of likely N-dealkylation sites (tertiary alicyclic amines) is 1. The molecule has 3 aliphatic rings. The fourth-order valence-electron chi connectivity index (χ4n) is 4.28. The van der Waals surface area contributed by atoms with E-state index in [0.717, 1.165) is 67.6 Å². The molecule has 150 valence electrons. The molecule has 3 fully saturated rings. The van der Waals surface area contributed by atoms with Gasteiger partial charge in [-0.25, -0.2) is 0 Å². The van der Waals surface area contributed by atoms with Gasteiger partial charge < -0.3 is 9.88 Å². The number of nitrogens with zero attached hydrogens (tertiary/aromatic N) is 1. The van der Waals surface area contributed by atoms with Crippen LogP contribution in [0, 0.1) is 11.8 Å². The van der Waals surface area contributed by atoms with Crippen molar-refractivity contribution in [2.75, 3.05) is 13.1 Å². The first-order chi connectivity index (χ1) is 14.1. The Balaban J connectivity index is 1.46. The van der Waals surface area contributed by atoms with Crippen molar-refractivity contribution in [3.63, 3.8) is 0 Å². The van der Waals surface area contributed by atoms with Crippen molar-refractivity contribution in [3.8, 4) is 0 Å². The Morgan fingerprint density at radius 2 is 1.79 bits per heavy atom. The maximum atomic E-state index is 12.6. The van der Waals surface area contributed by atoms with Crippen molar-refractivity contribution in [2.45, 2.75) is 38.0 Å². The number of nitrogens with one attached hydrogen (secondary N) is 1. The van der Waals surface area contributed by atoms with Crippen LogP contribution in [0.2, 0.25) is 5.02 Å². The Hall–Kier alpha value is -2.33. The molecule has 1 atom stereocenters. The van der Waals surface area contributed by atoms with Gasteiger partial charge in [-0.05, 0) is 67.7 Å². The lowest BCUT2D eigenvalue weighted by Gasteiger charge is -2.16. The number of carbonyl (C=O) groups is 1. The smallest absolute Gasteiger partial charge is 0.251 e. The molecule has 5 rings (SSSR count). The third kappa shape index (κ3) is 4.04. The molecule has 4 nitrogen and oxygen atoms in total. The van der Waals surface area contributed by atoms with Crippen molar-refractivity contribution in [2.24, 2.45) is 11.8 Å². The summed E-state index contributed by atoms with van der Waals surface area (Å²) in [6, 6.07) is 11.7. The number of halogens is 1. The summed E-state index contributed by atoms with van der Waals surface area (Å²) in [6.45, 7) is 1.58. The molecule has 29 heavy (non-hydrogen) atoms. The summed E-state index contributed by atoms with van der Waals surface area (Å²) >= 11 is 6.09. The van der Waals surface area contributed by atoms with E-state index in [9.17, 15) is 9.59 Å². The number of hydrogen-bond acceptors (Lipinski definition) is 2. The summed E-state index contributed by atoms with van der Waals surface area (Å²) < 4.78 is 0. The topological polar surface area (TPSA) is 53.2 Å². The maximum Gasteiger partial charge on any atom is 0.251 e. The van der Waals surface area contributed by atoms with E-state index in [-0.39, 0.29) is 17.4 Å². The molecule has 1 saturated heterocycles. The molecule has 0 unspecified atom stereocenters. The molecule has 5 heteroatoms. The van der Waals surface area contributed by atoms with Crippen LogP contribution < -0.4 is 5.56 Å². The van der Waals surface area contributed by atoms with Gasteiger partial charge in [0.05, 0.1) is 0 Å². The zero-order valence-electron chi connectivity index (χ0n) is 16.4. The van der Waals surface area contributed by atoms with E-state index in [1.54, 1.807) is 0 Å². The van der Waals surface area contributed by atoms with Crippen LogP contribution >= 0.6 is 11.6 Å². The number of rotatable bonds is 5. The fraction of sp³-hybridized carbons (Fsp3) is 0.417. The number of benzene rings is 1. The molecule has 2 aliphatic carbocycles. The van der Waals surface area contributed by atoms with Gasteiger partial charge >= 0.3 is 0 Å². The van der Waals surface area contributed by atoms with Crippen molar-refractivity contribution < 1.29 is 4.79 Å². The van der Waals surface area contributed by atoms with E-state index in [0.29, 0.717) is 16.8 Å². The van der Waals surface area contributed by atoms with Crippen LogP contribution in [0.25, 0.3) is 5.57 Å². The Morgan fingerprint density at radius 3 is 2.45 bits per heavy atom. The molecule has 1 aliphatic heterocycles. The molecule has 2 aromatic rings. The molecule has 0 bridgehead atoms. The summed E-state index contributed by atoms with van der Waals surface area (Å²) in [5.74, 6) is 1.29. The minimum atomic E-state index is 0.0156. The Kier molecular flexibility index (Phi) is 4.83. The normalized spacial score (nSPS) is 22.2. The van der Waals surface area contributed by atoms with Crippen molar-refractivity contribution in [3.05, 3.63) is 74.7 Å². The third-order valence-corrected chi connectivity index (χ3v) is 6.52. The van der Waals surface area contributed by atoms with Crippen molar-refractivity contribution >= 4 is 23.1 Å². The number of aromatic amines is 1. The van der Waals surface area contributed by atoms with Gasteiger partial charge in [-0.1, -0.05) is 35.9 Å². The second-order valence-electron chi connectivity index (χ2n) is 8.63. The second-order valence-corrected chi connectivity index (χ2v) is 9.06. The predicted octanol–water partition coefficient (Wildman–Crippen LogP) is 4.60. The Morgan fingerprint density at radius 1 is 1.03 bits per heavy atom. The average Bonchev–Trinajstić information content (AvgIpc) is 3.64. The Labute approximate surface area is 175 Å². The van der Waals surface area contributed by atoms with Crippen molar-refractivity contribution in [1.82, 2.24) is 9.88 Å². The quantitative estimate of drug-likeness (QED) is 0.786. The summed E-state index contributed by atoms with van der Waals surface area (Å²) in [6.07, 6.45) is 7.48. The molecule has 1 N–H and O–H groups in total. The summed E-state index contributed by atoms with van der Waals surface area (Å²) in [7, 11) is 0. The number of aromatic nitrogens is 1. The molecule has 0 radical (unpaired) electrons. The summed E-state index contributed by atoms with van der Waals surface area (Å²) in [5.41, 5.74) is 3.77. The van der Waals surface area contributed by atoms with Crippen LogP contribution in [-0.2, 0) is 4.79 Å². The average molecular weight is 409 g/mol. The fourth-order valence-corrected chi connectivity index (χ4v) is 4.40. The van der Waals surface area contributed by atoms with E-state index in [1.165, 1.54) is 0 Å². The number of H-pyrrole nitrogens is 1. The van der Waals surface area contributed by atoms with Crippen LogP contribution in [0.3, 0.4) is 0 Å². The highest BCUT2D eigenvalue weighted by Crippen LogP contribution is 2.38. The van der Waals surface area contributed by atoms with Gasteiger partial charge in [-0.2, -0.15) is 0 Å². The number of hydrogen-bond donors (Lipinski definition) is 1. The van der Waals surface area contributed by atoms with Crippen LogP contribution in [0.4, 0.5) is 0 Å². The number of pyridine rings is 1. The molecule has 2 heterocycles. The summed E-state index contributed by atoms with van der Waals surface area (Å²) in [5, 5.41) is 0.688. The molecule has 2 saturated carbocycles. The van der Waals surface area contributed by atoms with Gasteiger partial charge in [0, 0.05) is 40.9 Å². The van der Waals surface area contributed by atoms with E-state index < -0.39 is 0 Å². The zero-order chi connectivity index (χ0) is 20.0. The van der Waals surface area contributed by atoms with E-state index in [4.69, 9.17) is 11.6 Å². The van der Waals surface area contributed by atoms with Crippen LogP contribution in [0.5, 0.6) is 0 Å². The molecule has 1 aromatic carbocycles. The second kappa shape index (κ2) is 7.49. The first-order valence-electron chi connectivity index (χ1n) is 10.6. The summed E-state index contributed by atoms with van der Waals surface area (Å²) in [4.78, 5) is 30.1. The highest BCUT2D eigenvalue weighted by atomic mass is 35.5. The van der Waals surface area contributed by atoms with Gasteiger partial charge in [0.2, 0.25) is 5.91 Å². The number of amides is 1. The minimum Gasteiger partial charge on any atom is -0.342 e. The highest BCUT2D eigenvalue weighted by molar-refractivity contribution is 6.30. The van der Waals surface area contributed by atoms with Crippen LogP contribution in [-0.4, -0.2) is 28.9 Å². The van der Waals surface area contributed by atoms with Crippen LogP contribution in [0.1, 0.15) is 54.8 Å². The third-order valence-electron chi connectivity index (χ3n) is 6.27. The standard InChI is InChI=1S/C24H25ClN2O2/c25-19-7-5-17(6-8-19)21(22-10-9-20(16-1-2-16)23(28)26-22)13-15-11-12-27(14-15)24(29)18-3-4-18/h5-10,13,15-16,18H,1-4,11-12,14H2,(H,26,28)/b21-13-/t15-/m1/s1. The monoisotopic (exact) mass is 408 g/mol. The SMILES string of the molecule is O=C(C1CC1)N1CC[C@H](/C=C(/c2ccc(Cl)cc2)c2ccc(C3CC3)c(=O)[nH]2)C1. The van der Waals surface area contributed by atoms with Gasteiger partial charge in [0.25, 0.3) is 5.56 Å². The first-order valence-corrected chi connectivity index (χ1v) is 11.0. The molecule has 1 aromatic heterocycles. The van der Waals surface area contributed by atoms with Crippen molar-refractivity contribution in [1.29, 1.82) is 0 Å². The number of carbonyl (C=O) groups excluding carboxylic acids is 1. The predicted molar refractivity (Wildman–Crippen MR) is 115 cm³/mol. The maximum absolute atomic E-state index is 12.6. The Bertz CT molecular complexity index is 1020. The van der Waals surface area contributed by atoms with E-state index in [2.05, 4.69) is 11.1 Å². The molecule has 1 amide bonds.